The number of aliphatic hydroxyl groups is 2. The Morgan fingerprint density at radius 2 is 1.78 bits per heavy atom. The molecule has 0 radical (unpaired) electrons. The Morgan fingerprint density at radius 3 is 2.22 bits per heavy atom. The molecule has 1 aliphatic rings. The molecule has 12 heteroatoms. The highest BCUT2D eigenvalue weighted by Gasteiger charge is 2.46. The second kappa shape index (κ2) is 9.32. The molecule has 0 aromatic rings. The maximum absolute atomic E-state index is 12.8. The van der Waals surface area contributed by atoms with E-state index in [9.17, 15) is 29.2 Å². The van der Waals surface area contributed by atoms with Crippen molar-refractivity contribution in [3.05, 3.63) is 11.5 Å². The monoisotopic (exact) mass is 408 g/mol. The first-order chi connectivity index (χ1) is 12.4. The maximum Gasteiger partial charge on any atom is 0.395 e. The Kier molecular flexibility index (Phi) is 7.97. The normalized spacial score (nSPS) is 18.7. The van der Waals surface area contributed by atoms with Crippen molar-refractivity contribution in [2.24, 2.45) is 0 Å². The molecular formula is C15H25N2O9P. The van der Waals surface area contributed by atoms with Crippen LogP contribution in [0.1, 0.15) is 19.8 Å². The van der Waals surface area contributed by atoms with E-state index in [1.807, 2.05) is 0 Å². The summed E-state index contributed by atoms with van der Waals surface area (Å²) in [5.41, 5.74) is 0. The molecule has 1 rings (SSSR count). The number of nitrogens with zero attached hydrogens (tertiary/aromatic N) is 2. The number of hydrogen-bond acceptors (Lipinski definition) is 9. The van der Waals surface area contributed by atoms with E-state index in [4.69, 9.17) is 14.0 Å². The van der Waals surface area contributed by atoms with E-state index in [-0.39, 0.29) is 18.6 Å². The molecule has 0 saturated carbocycles. The van der Waals surface area contributed by atoms with Crippen molar-refractivity contribution >= 4 is 25.4 Å². The van der Waals surface area contributed by atoms with Gasteiger partial charge in [-0.1, -0.05) is 0 Å². The van der Waals surface area contributed by atoms with Crippen LogP contribution < -0.4 is 0 Å². The number of Topliss-reactive ketones (excluding diaryl/α,β-unsaturated/α-hetero) is 1. The summed E-state index contributed by atoms with van der Waals surface area (Å²) in [5, 5.41) is 19.7. The van der Waals surface area contributed by atoms with E-state index >= 15 is 0 Å². The van der Waals surface area contributed by atoms with Crippen LogP contribution in [0.4, 0.5) is 0 Å². The predicted molar refractivity (Wildman–Crippen MR) is 92.5 cm³/mol. The molecule has 0 amide bonds. The van der Waals surface area contributed by atoms with E-state index in [2.05, 4.69) is 0 Å². The minimum absolute atomic E-state index is 0.0491. The molecule has 0 saturated heterocycles. The van der Waals surface area contributed by atoms with Crippen LogP contribution in [0.5, 0.6) is 0 Å². The lowest BCUT2D eigenvalue weighted by atomic mass is 10.1. The van der Waals surface area contributed by atoms with Crippen LogP contribution >= 0.6 is 7.67 Å². The zero-order valence-corrected chi connectivity index (χ0v) is 16.8. The van der Waals surface area contributed by atoms with Crippen molar-refractivity contribution in [1.82, 2.24) is 9.34 Å². The molecule has 1 aliphatic heterocycles. The van der Waals surface area contributed by atoms with Crippen molar-refractivity contribution in [2.45, 2.75) is 32.0 Å². The van der Waals surface area contributed by atoms with E-state index in [0.29, 0.717) is 0 Å². The summed E-state index contributed by atoms with van der Waals surface area (Å²) in [5.74, 6) is -3.58. The Hall–Kier alpha value is -1.94. The highest BCUT2D eigenvalue weighted by Crippen LogP contribution is 2.53. The van der Waals surface area contributed by atoms with Crippen LogP contribution in [0, 0.1) is 0 Å². The minimum atomic E-state index is -3.66. The average molecular weight is 408 g/mol. The molecule has 0 spiro atoms. The van der Waals surface area contributed by atoms with E-state index < -0.39 is 49.9 Å². The summed E-state index contributed by atoms with van der Waals surface area (Å²) in [6.45, 7) is 0.543. The molecule has 0 aromatic carbocycles. The summed E-state index contributed by atoms with van der Waals surface area (Å²) < 4.78 is 30.5. The standard InChI is InChI=1S/C15H25N2O9P/c1-9(19)6-7-11(20)24-10(8-18)13-12(21)14(15(22)25-13)26-27(23,16(2)3)17(4)5/h10,13,18,21H,6-8H2,1-5H3. The van der Waals surface area contributed by atoms with Gasteiger partial charge in [0.05, 0.1) is 13.0 Å². The smallest absolute Gasteiger partial charge is 0.395 e. The third-order valence-electron chi connectivity index (χ3n) is 3.62. The van der Waals surface area contributed by atoms with Gasteiger partial charge >= 0.3 is 19.6 Å². The summed E-state index contributed by atoms with van der Waals surface area (Å²) in [7, 11) is 2.19. The number of hydrogen-bond donors (Lipinski definition) is 2. The van der Waals surface area contributed by atoms with Crippen LogP contribution in [-0.2, 0) is 32.9 Å². The van der Waals surface area contributed by atoms with Gasteiger partial charge in [-0.2, -0.15) is 0 Å². The first kappa shape index (κ1) is 23.1. The highest BCUT2D eigenvalue weighted by molar-refractivity contribution is 7.54. The molecule has 1 heterocycles. The molecule has 154 valence electrons. The number of carbonyl (C=O) groups excluding carboxylic acids is 3. The van der Waals surface area contributed by atoms with Gasteiger partial charge in [0.25, 0.3) is 5.76 Å². The molecule has 2 atom stereocenters. The zero-order chi connectivity index (χ0) is 20.9. The quantitative estimate of drug-likeness (QED) is 0.378. The van der Waals surface area contributed by atoms with Crippen molar-refractivity contribution in [3.8, 4) is 0 Å². The van der Waals surface area contributed by atoms with Crippen LogP contribution in [0.15, 0.2) is 11.5 Å². The van der Waals surface area contributed by atoms with Gasteiger partial charge in [0.1, 0.15) is 5.78 Å². The number of carbonyl (C=O) groups is 3. The average Bonchev–Trinajstić information content (AvgIpc) is 2.85. The summed E-state index contributed by atoms with van der Waals surface area (Å²) in [4.78, 5) is 34.7. The molecule has 0 bridgehead atoms. The van der Waals surface area contributed by atoms with Gasteiger partial charge in [-0.05, 0) is 35.1 Å². The van der Waals surface area contributed by atoms with E-state index in [0.717, 1.165) is 0 Å². The SMILES string of the molecule is CC(=O)CCC(=O)OC(CO)C1OC(=O)C(OP(=O)(N(C)C)N(C)C)=C1O. The summed E-state index contributed by atoms with van der Waals surface area (Å²) >= 11 is 0. The molecule has 0 aliphatic carbocycles. The maximum atomic E-state index is 12.8. The van der Waals surface area contributed by atoms with Gasteiger partial charge in [-0.15, -0.1) is 0 Å². The van der Waals surface area contributed by atoms with Crippen molar-refractivity contribution < 1.29 is 43.2 Å². The van der Waals surface area contributed by atoms with E-state index in [1.165, 1.54) is 44.5 Å². The van der Waals surface area contributed by atoms with Crippen LogP contribution in [-0.4, -0.2) is 84.3 Å². The lowest BCUT2D eigenvalue weighted by Gasteiger charge is -2.29. The van der Waals surface area contributed by atoms with Gasteiger partial charge in [0, 0.05) is 6.42 Å². The number of rotatable bonds is 10. The zero-order valence-electron chi connectivity index (χ0n) is 15.9. The van der Waals surface area contributed by atoms with E-state index in [1.54, 1.807) is 0 Å². The van der Waals surface area contributed by atoms with Crippen LogP contribution in [0.25, 0.3) is 0 Å². The second-order valence-electron chi connectivity index (χ2n) is 6.23. The Morgan fingerprint density at radius 1 is 1.22 bits per heavy atom. The van der Waals surface area contributed by atoms with Crippen molar-refractivity contribution in [2.75, 3.05) is 34.8 Å². The third kappa shape index (κ3) is 5.52. The number of ether oxygens (including phenoxy) is 2. The molecule has 27 heavy (non-hydrogen) atoms. The van der Waals surface area contributed by atoms with Gasteiger partial charge in [0.15, 0.2) is 11.9 Å². The fraction of sp³-hybridized carbons (Fsp3) is 0.667. The molecular weight excluding hydrogens is 383 g/mol. The number of aliphatic hydroxyl groups excluding tert-OH is 2. The van der Waals surface area contributed by atoms with Gasteiger partial charge in [0.2, 0.25) is 6.10 Å². The van der Waals surface area contributed by atoms with Crippen molar-refractivity contribution in [1.29, 1.82) is 0 Å². The van der Waals surface area contributed by atoms with Gasteiger partial charge < -0.3 is 29.0 Å². The summed E-state index contributed by atoms with van der Waals surface area (Å²) in [6, 6.07) is 0. The van der Waals surface area contributed by atoms with Gasteiger partial charge in [-0.3, -0.25) is 4.79 Å². The highest BCUT2D eigenvalue weighted by atomic mass is 31.2. The number of ketones is 1. The third-order valence-corrected chi connectivity index (χ3v) is 6.07. The molecule has 0 aromatic heterocycles. The predicted octanol–water partition coefficient (Wildman–Crippen LogP) is 0.203. The Bertz CT molecular complexity index is 662. The first-order valence-corrected chi connectivity index (χ1v) is 9.56. The summed E-state index contributed by atoms with van der Waals surface area (Å²) in [6.07, 6.45) is -3.20. The first-order valence-electron chi connectivity index (χ1n) is 8.03. The molecule has 0 fully saturated rings. The Labute approximate surface area is 157 Å². The Balaban J connectivity index is 3.00. The number of esters is 2. The fourth-order valence-electron chi connectivity index (χ4n) is 2.14. The van der Waals surface area contributed by atoms with Crippen LogP contribution in [0.3, 0.4) is 0 Å². The van der Waals surface area contributed by atoms with Gasteiger partial charge in [-0.25, -0.2) is 18.7 Å². The second-order valence-corrected chi connectivity index (χ2v) is 8.99. The lowest BCUT2D eigenvalue weighted by Crippen LogP contribution is -2.36. The topological polar surface area (TPSA) is 143 Å². The minimum Gasteiger partial charge on any atom is -0.505 e. The largest absolute Gasteiger partial charge is 0.505 e. The molecule has 11 nitrogen and oxygen atoms in total. The lowest BCUT2D eigenvalue weighted by molar-refractivity contribution is -0.165. The fourth-order valence-corrected chi connectivity index (χ4v) is 3.58. The number of cyclic esters (lactones) is 1. The van der Waals surface area contributed by atoms with Crippen LogP contribution in [0.2, 0.25) is 0 Å². The molecule has 2 N–H and O–H groups in total. The van der Waals surface area contributed by atoms with Crippen molar-refractivity contribution in [3.63, 3.8) is 0 Å². The molecule has 2 unspecified atom stereocenters.